The quantitative estimate of drug-likeness (QED) is 0.555. The lowest BCUT2D eigenvalue weighted by Crippen LogP contribution is -2.47. The Balaban J connectivity index is 3.13. The number of carboxylic acid groups (broad SMARTS) is 1. The zero-order valence-corrected chi connectivity index (χ0v) is 10.3. The molecule has 0 saturated heterocycles. The number of rotatable bonds is 4. The highest BCUT2D eigenvalue weighted by Gasteiger charge is 2.30. The third-order valence-electron chi connectivity index (χ3n) is 2.49. The number of hydrogen-bond acceptors (Lipinski definition) is 4. The molecule has 0 unspecified atom stereocenters. The van der Waals surface area contributed by atoms with Gasteiger partial charge in [-0.15, -0.1) is 0 Å². The summed E-state index contributed by atoms with van der Waals surface area (Å²) in [5.41, 5.74) is 3.75. The number of benzene rings is 1. The Morgan fingerprint density at radius 1 is 1.56 bits per heavy atom. The molecular weight excluding hydrogens is 263 g/mol. The Labute approximate surface area is 108 Å². The maximum absolute atomic E-state index is 13.5. The Morgan fingerprint density at radius 2 is 2.11 bits per heavy atom. The van der Waals surface area contributed by atoms with Gasteiger partial charge in [-0.3, -0.25) is 4.79 Å². The van der Waals surface area contributed by atoms with E-state index >= 15 is 0 Å². The third-order valence-corrected chi connectivity index (χ3v) is 2.84. The molecule has 0 amide bonds. The molecule has 0 saturated carbocycles. The van der Waals surface area contributed by atoms with Crippen molar-refractivity contribution in [3.63, 3.8) is 0 Å². The second-order valence-corrected chi connectivity index (χ2v) is 4.65. The van der Waals surface area contributed by atoms with Crippen LogP contribution in [0.15, 0.2) is 12.1 Å². The predicted octanol–water partition coefficient (Wildman–Crippen LogP) is -0.497. The van der Waals surface area contributed by atoms with E-state index in [0.29, 0.717) is 0 Å². The monoisotopic (exact) mass is 275 g/mol. The Kier molecular flexibility index (Phi) is 4.34. The summed E-state index contributed by atoms with van der Waals surface area (Å²) in [6, 6.07) is 1.99. The molecule has 0 bridgehead atoms. The third kappa shape index (κ3) is 3.20. The lowest BCUT2D eigenvalue weighted by Gasteiger charge is -2.20. The van der Waals surface area contributed by atoms with E-state index in [-0.39, 0.29) is 22.5 Å². The van der Waals surface area contributed by atoms with Crippen LogP contribution in [0.25, 0.3) is 0 Å². The van der Waals surface area contributed by atoms with Crippen LogP contribution in [0, 0.1) is 5.82 Å². The average Bonchev–Trinajstić information content (AvgIpc) is 2.21. The number of halogens is 2. The van der Waals surface area contributed by atoms with Gasteiger partial charge in [0.2, 0.25) is 0 Å². The first kappa shape index (κ1) is 14.9. The van der Waals surface area contributed by atoms with Gasteiger partial charge >= 0.3 is 13.1 Å². The number of aliphatic carboxylic acids is 1. The van der Waals surface area contributed by atoms with Gasteiger partial charge in [0.05, 0.1) is 0 Å². The molecule has 1 aromatic carbocycles. The summed E-state index contributed by atoms with van der Waals surface area (Å²) < 4.78 is 13.5. The summed E-state index contributed by atoms with van der Waals surface area (Å²) in [4.78, 5) is 10.9. The minimum Gasteiger partial charge on any atom is -0.480 e. The fourth-order valence-corrected chi connectivity index (χ4v) is 1.65. The van der Waals surface area contributed by atoms with Crippen molar-refractivity contribution >= 4 is 30.2 Å². The number of nitrogens with two attached hydrogens (primary N) is 1. The first-order valence-corrected chi connectivity index (χ1v) is 5.39. The molecule has 1 atom stereocenters. The molecule has 0 aliphatic rings. The molecular formula is C10H12BClFNO4. The topological polar surface area (TPSA) is 104 Å². The highest BCUT2D eigenvalue weighted by atomic mass is 35.5. The highest BCUT2D eigenvalue weighted by Crippen LogP contribution is 2.21. The van der Waals surface area contributed by atoms with Crippen LogP contribution in [0.2, 0.25) is 5.02 Å². The van der Waals surface area contributed by atoms with Crippen LogP contribution in [0.4, 0.5) is 4.39 Å². The van der Waals surface area contributed by atoms with E-state index in [9.17, 15) is 9.18 Å². The van der Waals surface area contributed by atoms with Crippen molar-refractivity contribution in [2.75, 3.05) is 0 Å². The van der Waals surface area contributed by atoms with E-state index in [4.69, 9.17) is 32.5 Å². The number of hydrogen-bond donors (Lipinski definition) is 4. The fraction of sp³-hybridized carbons (Fsp3) is 0.300. The van der Waals surface area contributed by atoms with Gasteiger partial charge in [-0.2, -0.15) is 0 Å². The van der Waals surface area contributed by atoms with Crippen LogP contribution >= 0.6 is 11.6 Å². The van der Waals surface area contributed by atoms with Gasteiger partial charge in [-0.05, 0) is 24.6 Å². The van der Waals surface area contributed by atoms with Crippen LogP contribution in [0.3, 0.4) is 0 Å². The first-order valence-electron chi connectivity index (χ1n) is 5.01. The summed E-state index contributed by atoms with van der Waals surface area (Å²) in [5.74, 6) is -2.13. The van der Waals surface area contributed by atoms with E-state index in [0.717, 1.165) is 12.1 Å². The Morgan fingerprint density at radius 3 is 2.56 bits per heavy atom. The molecule has 8 heteroatoms. The van der Waals surface area contributed by atoms with Crippen molar-refractivity contribution in [1.82, 2.24) is 0 Å². The highest BCUT2D eigenvalue weighted by molar-refractivity contribution is 6.59. The van der Waals surface area contributed by atoms with Crippen molar-refractivity contribution in [1.29, 1.82) is 0 Å². The molecule has 5 N–H and O–H groups in total. The average molecular weight is 275 g/mol. The minimum atomic E-state index is -1.99. The molecule has 1 aromatic rings. The van der Waals surface area contributed by atoms with Crippen molar-refractivity contribution in [2.24, 2.45) is 5.73 Å². The molecule has 0 spiro atoms. The summed E-state index contributed by atoms with van der Waals surface area (Å²) in [5, 5.41) is 26.6. The number of carbonyl (C=O) groups is 1. The molecule has 0 aromatic heterocycles. The molecule has 0 heterocycles. The van der Waals surface area contributed by atoms with E-state index in [1.807, 2.05) is 0 Å². The fourth-order valence-electron chi connectivity index (χ4n) is 1.41. The molecule has 98 valence electrons. The largest absolute Gasteiger partial charge is 0.491 e. The normalized spacial score (nSPS) is 14.1. The van der Waals surface area contributed by atoms with Gasteiger partial charge in [0, 0.05) is 16.9 Å². The van der Waals surface area contributed by atoms with Gasteiger partial charge in [0.1, 0.15) is 11.4 Å². The smallest absolute Gasteiger partial charge is 0.480 e. The lowest BCUT2D eigenvalue weighted by atomic mass is 9.79. The Bertz CT molecular complexity index is 481. The summed E-state index contributed by atoms with van der Waals surface area (Å²) in [6.07, 6.45) is -0.181. The zero-order chi connectivity index (χ0) is 14.1. The van der Waals surface area contributed by atoms with Crippen molar-refractivity contribution in [2.45, 2.75) is 18.9 Å². The number of carboxylic acids is 1. The van der Waals surface area contributed by atoms with Crippen LogP contribution < -0.4 is 11.2 Å². The predicted molar refractivity (Wildman–Crippen MR) is 65.2 cm³/mol. The van der Waals surface area contributed by atoms with Gasteiger partial charge < -0.3 is 20.9 Å². The van der Waals surface area contributed by atoms with E-state index in [1.165, 1.54) is 6.92 Å². The SMILES string of the molecule is C[C@@](N)(Cc1cc(F)c(B(O)O)cc1Cl)C(=O)O. The minimum absolute atomic E-state index is 0.0254. The molecule has 0 aliphatic carbocycles. The lowest BCUT2D eigenvalue weighted by molar-refractivity contribution is -0.142. The summed E-state index contributed by atoms with van der Waals surface area (Å²) in [7, 11) is -1.99. The maximum Gasteiger partial charge on any atom is 0.491 e. The van der Waals surface area contributed by atoms with Crippen molar-refractivity contribution in [3.8, 4) is 0 Å². The zero-order valence-electron chi connectivity index (χ0n) is 9.52. The molecule has 18 heavy (non-hydrogen) atoms. The van der Waals surface area contributed by atoms with E-state index in [1.54, 1.807) is 0 Å². The van der Waals surface area contributed by atoms with E-state index in [2.05, 4.69) is 0 Å². The van der Waals surface area contributed by atoms with E-state index < -0.39 is 24.4 Å². The summed E-state index contributed by atoms with van der Waals surface area (Å²) >= 11 is 5.82. The van der Waals surface area contributed by atoms with Crippen LogP contribution in [-0.2, 0) is 11.2 Å². The molecule has 0 radical (unpaired) electrons. The standard InChI is InChI=1S/C10H12BClFNO4/c1-10(14,9(15)16)4-5-2-8(13)6(11(17)18)3-7(5)12/h2-3,17-18H,4,14H2,1H3,(H,15,16)/t10-/m1/s1. The van der Waals surface area contributed by atoms with Crippen molar-refractivity contribution in [3.05, 3.63) is 28.5 Å². The first-order chi connectivity index (χ1) is 8.15. The molecule has 0 fully saturated rings. The van der Waals surface area contributed by atoms with Crippen LogP contribution in [-0.4, -0.2) is 33.8 Å². The van der Waals surface area contributed by atoms with Crippen LogP contribution in [0.1, 0.15) is 12.5 Å². The van der Waals surface area contributed by atoms with Crippen molar-refractivity contribution < 1.29 is 24.3 Å². The molecule has 0 aliphatic heterocycles. The van der Waals surface area contributed by atoms with Gasteiger partial charge in [0.25, 0.3) is 0 Å². The van der Waals surface area contributed by atoms with Crippen LogP contribution in [0.5, 0.6) is 0 Å². The van der Waals surface area contributed by atoms with Gasteiger partial charge in [-0.1, -0.05) is 11.6 Å². The maximum atomic E-state index is 13.5. The summed E-state index contributed by atoms with van der Waals surface area (Å²) in [6.45, 7) is 1.28. The Hall–Kier alpha value is -1.15. The molecule has 5 nitrogen and oxygen atoms in total. The van der Waals surface area contributed by atoms with Gasteiger partial charge in [0.15, 0.2) is 0 Å². The van der Waals surface area contributed by atoms with Gasteiger partial charge in [-0.25, -0.2) is 4.39 Å². The second kappa shape index (κ2) is 5.23. The second-order valence-electron chi connectivity index (χ2n) is 4.24. The molecule has 1 rings (SSSR count).